The Morgan fingerprint density at radius 2 is 1.20 bits per heavy atom. The zero-order valence-electron chi connectivity index (χ0n) is 13.7. The van der Waals surface area contributed by atoms with E-state index < -0.39 is 0 Å². The maximum atomic E-state index is 4.60. The van der Waals surface area contributed by atoms with Crippen LogP contribution in [0.2, 0.25) is 0 Å². The van der Waals surface area contributed by atoms with Gasteiger partial charge >= 0.3 is 0 Å². The van der Waals surface area contributed by atoms with Gasteiger partial charge < -0.3 is 0 Å². The number of rotatable bonds is 3. The molecule has 0 bridgehead atoms. The van der Waals surface area contributed by atoms with Crippen LogP contribution in [0.1, 0.15) is 5.82 Å². The normalized spacial score (nSPS) is 10.6. The second kappa shape index (κ2) is 6.57. The van der Waals surface area contributed by atoms with E-state index in [1.54, 1.807) is 24.8 Å². The van der Waals surface area contributed by atoms with Gasteiger partial charge in [-0.3, -0.25) is 9.97 Å². The lowest BCUT2D eigenvalue weighted by Gasteiger charge is -2.06. The Morgan fingerprint density at radius 3 is 1.88 bits per heavy atom. The van der Waals surface area contributed by atoms with Gasteiger partial charge in [-0.2, -0.15) is 0 Å². The van der Waals surface area contributed by atoms with E-state index in [1.807, 2.05) is 43.3 Å². The fourth-order valence-corrected chi connectivity index (χ4v) is 2.59. The first-order valence-corrected chi connectivity index (χ1v) is 7.93. The lowest BCUT2D eigenvalue weighted by atomic mass is 10.0. The Bertz CT molecular complexity index is 983. The van der Waals surface area contributed by atoms with Gasteiger partial charge in [0.15, 0.2) is 11.6 Å². The zero-order chi connectivity index (χ0) is 17.1. The first-order valence-electron chi connectivity index (χ1n) is 7.93. The molecule has 0 saturated heterocycles. The van der Waals surface area contributed by atoms with Gasteiger partial charge in [0.25, 0.3) is 0 Å². The minimum Gasteiger partial charge on any atom is -0.265 e. The molecule has 0 aliphatic rings. The highest BCUT2D eigenvalue weighted by Gasteiger charge is 2.09. The van der Waals surface area contributed by atoms with Crippen LogP contribution < -0.4 is 0 Å². The molecule has 0 unspecified atom stereocenters. The molecule has 0 saturated carbocycles. The highest BCUT2D eigenvalue weighted by molar-refractivity contribution is 5.68. The Balaban J connectivity index is 1.71. The number of aromatic nitrogens is 5. The maximum Gasteiger partial charge on any atom is 0.165 e. The summed E-state index contributed by atoms with van der Waals surface area (Å²) in [5, 5.41) is 0. The van der Waals surface area contributed by atoms with Crippen LogP contribution >= 0.6 is 0 Å². The molecule has 0 spiro atoms. The summed E-state index contributed by atoms with van der Waals surface area (Å²) in [5.74, 6) is 1.98. The van der Waals surface area contributed by atoms with Crippen LogP contribution in [-0.4, -0.2) is 24.9 Å². The maximum absolute atomic E-state index is 4.60. The smallest absolute Gasteiger partial charge is 0.165 e. The quantitative estimate of drug-likeness (QED) is 0.570. The summed E-state index contributed by atoms with van der Waals surface area (Å²) in [6.07, 6.45) is 7.07. The van der Waals surface area contributed by atoms with Gasteiger partial charge in [-0.25, -0.2) is 15.0 Å². The van der Waals surface area contributed by atoms with E-state index in [2.05, 4.69) is 37.1 Å². The lowest BCUT2D eigenvalue weighted by molar-refractivity contribution is 0.990. The third-order valence-corrected chi connectivity index (χ3v) is 3.82. The molecule has 1 aromatic carbocycles. The van der Waals surface area contributed by atoms with Crippen LogP contribution in [-0.2, 0) is 0 Å². The van der Waals surface area contributed by atoms with Crippen molar-refractivity contribution in [3.63, 3.8) is 0 Å². The Kier molecular flexibility index (Phi) is 3.96. The molecule has 0 radical (unpaired) electrons. The van der Waals surface area contributed by atoms with Gasteiger partial charge in [-0.1, -0.05) is 24.3 Å². The van der Waals surface area contributed by atoms with Crippen molar-refractivity contribution in [2.24, 2.45) is 0 Å². The molecule has 0 atom stereocenters. The molecule has 120 valence electrons. The summed E-state index contributed by atoms with van der Waals surface area (Å²) in [5.41, 5.74) is 4.09. The van der Waals surface area contributed by atoms with E-state index in [1.165, 1.54) is 0 Å². The minimum absolute atomic E-state index is 0.633. The van der Waals surface area contributed by atoms with Crippen LogP contribution in [0.4, 0.5) is 0 Å². The predicted molar refractivity (Wildman–Crippen MR) is 96.5 cm³/mol. The van der Waals surface area contributed by atoms with Crippen LogP contribution in [0.25, 0.3) is 33.9 Å². The predicted octanol–water partition coefficient (Wildman–Crippen LogP) is 3.97. The van der Waals surface area contributed by atoms with E-state index in [4.69, 9.17) is 0 Å². The first kappa shape index (κ1) is 15.1. The molecule has 0 aliphatic carbocycles. The molecule has 3 aromatic heterocycles. The number of hydrogen-bond acceptors (Lipinski definition) is 5. The molecule has 25 heavy (non-hydrogen) atoms. The molecule has 0 aliphatic heterocycles. The molecule has 5 heteroatoms. The molecular weight excluding hydrogens is 310 g/mol. The van der Waals surface area contributed by atoms with Crippen LogP contribution in [0.5, 0.6) is 0 Å². The number of pyridine rings is 2. The van der Waals surface area contributed by atoms with Gasteiger partial charge in [0, 0.05) is 35.9 Å². The van der Waals surface area contributed by atoms with Crippen molar-refractivity contribution in [2.75, 3.05) is 0 Å². The average molecular weight is 325 g/mol. The van der Waals surface area contributed by atoms with Crippen LogP contribution in [0, 0.1) is 6.92 Å². The molecular formula is C20H15N5. The molecule has 5 nitrogen and oxygen atoms in total. The highest BCUT2D eigenvalue weighted by Crippen LogP contribution is 2.24. The summed E-state index contributed by atoms with van der Waals surface area (Å²) < 4.78 is 0. The number of benzene rings is 1. The van der Waals surface area contributed by atoms with Crippen molar-refractivity contribution in [1.29, 1.82) is 0 Å². The second-order valence-corrected chi connectivity index (χ2v) is 5.58. The van der Waals surface area contributed by atoms with Crippen molar-refractivity contribution < 1.29 is 0 Å². The Morgan fingerprint density at radius 1 is 0.560 bits per heavy atom. The molecule has 0 N–H and O–H groups in total. The summed E-state index contributed by atoms with van der Waals surface area (Å²) in [6.45, 7) is 1.87. The first-order chi connectivity index (χ1) is 12.3. The van der Waals surface area contributed by atoms with Crippen LogP contribution in [0.15, 0.2) is 73.3 Å². The topological polar surface area (TPSA) is 64.5 Å². The van der Waals surface area contributed by atoms with Gasteiger partial charge in [0.2, 0.25) is 0 Å². The Hall–Kier alpha value is -3.47. The standard InChI is InChI=1S/C20H15N5/c1-14-23-19(25-20(24-14)18-3-2-10-22-13-18)17-6-4-15(5-7-17)16-8-11-21-12-9-16/h2-13H,1H3. The minimum atomic E-state index is 0.633. The van der Waals surface area contributed by atoms with Crippen molar-refractivity contribution >= 4 is 0 Å². The summed E-state index contributed by atoms with van der Waals surface area (Å²) in [7, 11) is 0. The molecule has 4 aromatic rings. The Labute approximate surface area is 145 Å². The van der Waals surface area contributed by atoms with E-state index in [-0.39, 0.29) is 0 Å². The van der Waals surface area contributed by atoms with Gasteiger partial charge in [-0.15, -0.1) is 0 Å². The summed E-state index contributed by atoms with van der Waals surface area (Å²) in [6, 6.07) is 16.0. The van der Waals surface area contributed by atoms with Crippen molar-refractivity contribution in [3.05, 3.63) is 79.1 Å². The van der Waals surface area contributed by atoms with Crippen molar-refractivity contribution in [2.45, 2.75) is 6.92 Å². The number of hydrogen-bond donors (Lipinski definition) is 0. The monoisotopic (exact) mass is 325 g/mol. The fraction of sp³-hybridized carbons (Fsp3) is 0.0500. The summed E-state index contributed by atoms with van der Waals surface area (Å²) >= 11 is 0. The SMILES string of the molecule is Cc1nc(-c2ccc(-c3ccncc3)cc2)nc(-c2cccnc2)n1. The van der Waals surface area contributed by atoms with Crippen LogP contribution in [0.3, 0.4) is 0 Å². The molecule has 0 fully saturated rings. The molecule has 4 rings (SSSR count). The summed E-state index contributed by atoms with van der Waals surface area (Å²) in [4.78, 5) is 21.7. The zero-order valence-corrected chi connectivity index (χ0v) is 13.7. The number of aryl methyl sites for hydroxylation is 1. The number of nitrogens with zero attached hydrogens (tertiary/aromatic N) is 5. The third-order valence-electron chi connectivity index (χ3n) is 3.82. The third kappa shape index (κ3) is 3.26. The average Bonchev–Trinajstić information content (AvgIpc) is 2.69. The van der Waals surface area contributed by atoms with E-state index in [9.17, 15) is 0 Å². The van der Waals surface area contributed by atoms with E-state index in [0.29, 0.717) is 17.5 Å². The van der Waals surface area contributed by atoms with Gasteiger partial charge in [0.05, 0.1) is 0 Å². The fourth-order valence-electron chi connectivity index (χ4n) is 2.59. The molecule has 3 heterocycles. The highest BCUT2D eigenvalue weighted by atomic mass is 15.0. The van der Waals surface area contributed by atoms with E-state index >= 15 is 0 Å². The van der Waals surface area contributed by atoms with Gasteiger partial charge in [-0.05, 0) is 42.3 Å². The molecule has 0 amide bonds. The van der Waals surface area contributed by atoms with Gasteiger partial charge in [0.1, 0.15) is 5.82 Å². The lowest BCUT2D eigenvalue weighted by Crippen LogP contribution is -1.99. The van der Waals surface area contributed by atoms with E-state index in [0.717, 1.165) is 22.3 Å². The largest absolute Gasteiger partial charge is 0.265 e. The second-order valence-electron chi connectivity index (χ2n) is 5.58. The van der Waals surface area contributed by atoms with Crippen molar-refractivity contribution in [3.8, 4) is 33.9 Å². The van der Waals surface area contributed by atoms with Crippen molar-refractivity contribution in [1.82, 2.24) is 24.9 Å².